The summed E-state index contributed by atoms with van der Waals surface area (Å²) in [6.45, 7) is 3.35. The standard InChI is InChI=1S/C13H23N3O3/c1-17-10-7-15-13(16-8-11-18-2)14-6-5-12-4-3-9-19-12/h3-4,9H,5-8,10-11H2,1-2H3,(H2,14,15,16). The molecule has 0 aromatic carbocycles. The molecule has 0 radical (unpaired) electrons. The molecule has 0 unspecified atom stereocenters. The van der Waals surface area contributed by atoms with Crippen molar-refractivity contribution in [3.8, 4) is 0 Å². The Hall–Kier alpha value is -1.53. The van der Waals surface area contributed by atoms with Gasteiger partial charge in [0.15, 0.2) is 5.96 Å². The lowest BCUT2D eigenvalue weighted by molar-refractivity contribution is 0.203. The molecule has 1 rings (SSSR count). The highest BCUT2D eigenvalue weighted by Gasteiger charge is 1.99. The molecule has 6 nitrogen and oxygen atoms in total. The van der Waals surface area contributed by atoms with Crippen molar-refractivity contribution >= 4 is 5.96 Å². The molecule has 2 N–H and O–H groups in total. The van der Waals surface area contributed by atoms with E-state index in [1.807, 2.05) is 12.1 Å². The van der Waals surface area contributed by atoms with Gasteiger partial charge in [0.05, 0.1) is 26.0 Å². The van der Waals surface area contributed by atoms with Crippen LogP contribution in [-0.2, 0) is 15.9 Å². The van der Waals surface area contributed by atoms with Crippen LogP contribution in [0.15, 0.2) is 27.8 Å². The molecule has 1 heterocycles. The number of hydrogen-bond donors (Lipinski definition) is 2. The van der Waals surface area contributed by atoms with E-state index in [0.29, 0.717) is 19.8 Å². The number of furan rings is 1. The van der Waals surface area contributed by atoms with E-state index in [9.17, 15) is 0 Å². The maximum Gasteiger partial charge on any atom is 0.191 e. The summed E-state index contributed by atoms with van der Waals surface area (Å²) in [4.78, 5) is 4.39. The summed E-state index contributed by atoms with van der Waals surface area (Å²) >= 11 is 0. The van der Waals surface area contributed by atoms with Crippen LogP contribution in [0.4, 0.5) is 0 Å². The van der Waals surface area contributed by atoms with Crippen molar-refractivity contribution in [3.63, 3.8) is 0 Å². The average molecular weight is 269 g/mol. The first-order chi connectivity index (χ1) is 9.36. The van der Waals surface area contributed by atoms with Crippen LogP contribution >= 0.6 is 0 Å². The lowest BCUT2D eigenvalue weighted by atomic mass is 10.3. The summed E-state index contributed by atoms with van der Waals surface area (Å²) in [6.07, 6.45) is 2.50. The largest absolute Gasteiger partial charge is 0.469 e. The molecule has 0 amide bonds. The fourth-order valence-electron chi connectivity index (χ4n) is 1.45. The molecule has 108 valence electrons. The van der Waals surface area contributed by atoms with Gasteiger partial charge >= 0.3 is 0 Å². The highest BCUT2D eigenvalue weighted by molar-refractivity contribution is 5.79. The van der Waals surface area contributed by atoms with Gasteiger partial charge in [-0.05, 0) is 12.1 Å². The van der Waals surface area contributed by atoms with Crippen LogP contribution in [0.5, 0.6) is 0 Å². The molecule has 19 heavy (non-hydrogen) atoms. The number of methoxy groups -OCH3 is 2. The van der Waals surface area contributed by atoms with E-state index >= 15 is 0 Å². The Kier molecular flexibility index (Phi) is 8.50. The predicted molar refractivity (Wildman–Crippen MR) is 74.5 cm³/mol. The normalized spacial score (nSPS) is 11.6. The Bertz CT molecular complexity index is 339. The van der Waals surface area contributed by atoms with Gasteiger partial charge < -0.3 is 24.5 Å². The minimum atomic E-state index is 0.606. The zero-order valence-electron chi connectivity index (χ0n) is 11.6. The van der Waals surface area contributed by atoms with E-state index in [-0.39, 0.29) is 0 Å². The van der Waals surface area contributed by atoms with Crippen LogP contribution < -0.4 is 10.6 Å². The number of hydrogen-bond acceptors (Lipinski definition) is 4. The first-order valence-corrected chi connectivity index (χ1v) is 6.39. The fourth-order valence-corrected chi connectivity index (χ4v) is 1.45. The van der Waals surface area contributed by atoms with Crippen LogP contribution in [-0.4, -0.2) is 53.0 Å². The molecule has 1 aromatic heterocycles. The fraction of sp³-hybridized carbons (Fsp3) is 0.615. The van der Waals surface area contributed by atoms with E-state index in [2.05, 4.69) is 15.6 Å². The van der Waals surface area contributed by atoms with Gasteiger partial charge in [0.1, 0.15) is 5.76 Å². The summed E-state index contributed by atoms with van der Waals surface area (Å²) in [5.74, 6) is 1.72. The van der Waals surface area contributed by atoms with E-state index in [1.165, 1.54) is 0 Å². The topological polar surface area (TPSA) is 68.0 Å². The maximum atomic E-state index is 5.27. The molecular formula is C13H23N3O3. The van der Waals surface area contributed by atoms with E-state index in [0.717, 1.165) is 31.2 Å². The zero-order chi connectivity index (χ0) is 13.8. The maximum absolute atomic E-state index is 5.27. The zero-order valence-corrected chi connectivity index (χ0v) is 11.6. The molecule has 0 saturated carbocycles. The highest BCUT2D eigenvalue weighted by atomic mass is 16.5. The van der Waals surface area contributed by atoms with E-state index in [1.54, 1.807) is 20.5 Å². The number of nitrogens with one attached hydrogen (secondary N) is 2. The van der Waals surface area contributed by atoms with Crippen LogP contribution in [0.3, 0.4) is 0 Å². The van der Waals surface area contributed by atoms with Gasteiger partial charge in [-0.25, -0.2) is 0 Å². The van der Waals surface area contributed by atoms with Crippen molar-refractivity contribution in [2.75, 3.05) is 47.1 Å². The average Bonchev–Trinajstić information content (AvgIpc) is 2.92. The Morgan fingerprint density at radius 1 is 1.21 bits per heavy atom. The van der Waals surface area contributed by atoms with Crippen molar-refractivity contribution in [3.05, 3.63) is 24.2 Å². The minimum Gasteiger partial charge on any atom is -0.469 e. The summed E-state index contributed by atoms with van der Waals surface area (Å²) in [7, 11) is 3.34. The molecule has 0 aliphatic heterocycles. The van der Waals surface area contributed by atoms with Crippen molar-refractivity contribution in [2.45, 2.75) is 6.42 Å². The van der Waals surface area contributed by atoms with Crippen LogP contribution in [0.2, 0.25) is 0 Å². The monoisotopic (exact) mass is 269 g/mol. The first kappa shape index (κ1) is 15.5. The van der Waals surface area contributed by atoms with Gasteiger partial charge in [-0.15, -0.1) is 0 Å². The second-order valence-corrected chi connectivity index (χ2v) is 3.90. The Morgan fingerprint density at radius 3 is 2.68 bits per heavy atom. The Labute approximate surface area is 114 Å². The van der Waals surface area contributed by atoms with E-state index < -0.39 is 0 Å². The molecule has 0 aliphatic carbocycles. The van der Waals surface area contributed by atoms with Crippen molar-refractivity contribution in [2.24, 2.45) is 4.99 Å². The summed E-state index contributed by atoms with van der Waals surface area (Å²) in [6, 6.07) is 3.85. The molecule has 0 spiro atoms. The molecule has 0 saturated heterocycles. The molecule has 0 fully saturated rings. The summed E-state index contributed by atoms with van der Waals surface area (Å²) in [5, 5.41) is 6.43. The third-order valence-corrected chi connectivity index (χ3v) is 2.41. The van der Waals surface area contributed by atoms with Gasteiger partial charge in [-0.2, -0.15) is 0 Å². The second kappa shape index (κ2) is 10.4. The number of guanidine groups is 1. The third-order valence-electron chi connectivity index (χ3n) is 2.41. The number of ether oxygens (including phenoxy) is 2. The first-order valence-electron chi connectivity index (χ1n) is 6.39. The van der Waals surface area contributed by atoms with Gasteiger partial charge in [-0.1, -0.05) is 0 Å². The lowest BCUT2D eigenvalue weighted by Crippen LogP contribution is -2.40. The number of rotatable bonds is 9. The second-order valence-electron chi connectivity index (χ2n) is 3.90. The van der Waals surface area contributed by atoms with Crippen LogP contribution in [0.25, 0.3) is 0 Å². The molecular weight excluding hydrogens is 246 g/mol. The van der Waals surface area contributed by atoms with Gasteiger partial charge in [-0.3, -0.25) is 4.99 Å². The van der Waals surface area contributed by atoms with Crippen molar-refractivity contribution < 1.29 is 13.9 Å². The number of aliphatic imine (C=N–C) groups is 1. The molecule has 0 aliphatic rings. The van der Waals surface area contributed by atoms with Gasteiger partial charge in [0.2, 0.25) is 0 Å². The Balaban J connectivity index is 2.28. The van der Waals surface area contributed by atoms with Crippen LogP contribution in [0.1, 0.15) is 5.76 Å². The van der Waals surface area contributed by atoms with Crippen LogP contribution in [0, 0.1) is 0 Å². The molecule has 0 atom stereocenters. The highest BCUT2D eigenvalue weighted by Crippen LogP contribution is 1.99. The predicted octanol–water partition coefficient (Wildman–Crippen LogP) is 0.650. The SMILES string of the molecule is COCCN=C(NCCOC)NCCc1ccco1. The van der Waals surface area contributed by atoms with Crippen molar-refractivity contribution in [1.29, 1.82) is 0 Å². The van der Waals surface area contributed by atoms with E-state index in [4.69, 9.17) is 13.9 Å². The minimum absolute atomic E-state index is 0.606. The summed E-state index contributed by atoms with van der Waals surface area (Å²) in [5.41, 5.74) is 0. The lowest BCUT2D eigenvalue weighted by Gasteiger charge is -2.11. The molecule has 0 bridgehead atoms. The van der Waals surface area contributed by atoms with Gasteiger partial charge in [0, 0.05) is 33.7 Å². The summed E-state index contributed by atoms with van der Waals surface area (Å²) < 4.78 is 15.2. The quantitative estimate of drug-likeness (QED) is 0.391. The van der Waals surface area contributed by atoms with Gasteiger partial charge in [0.25, 0.3) is 0 Å². The van der Waals surface area contributed by atoms with Crippen molar-refractivity contribution in [1.82, 2.24) is 10.6 Å². The molecule has 1 aromatic rings. The molecule has 6 heteroatoms. The smallest absolute Gasteiger partial charge is 0.191 e. The number of nitrogens with zero attached hydrogens (tertiary/aromatic N) is 1. The third kappa shape index (κ3) is 7.48. The Morgan fingerprint density at radius 2 is 2.00 bits per heavy atom.